The third-order valence-electron chi connectivity index (χ3n) is 4.36. The van der Waals surface area contributed by atoms with Crippen molar-refractivity contribution in [3.8, 4) is 5.75 Å². The first-order valence-corrected chi connectivity index (χ1v) is 9.57. The number of primary amides is 1. The Bertz CT molecular complexity index is 1050. The number of carbonyl (C=O) groups is 3. The Morgan fingerprint density at radius 3 is 2.16 bits per heavy atom. The third kappa shape index (κ3) is 6.17. The summed E-state index contributed by atoms with van der Waals surface area (Å²) in [6.07, 6.45) is -1.14. The number of carbonyl (C=O) groups excluding carboxylic acids is 3. The van der Waals surface area contributed by atoms with Crippen molar-refractivity contribution in [3.63, 3.8) is 0 Å². The molecule has 158 valence electrons. The molecule has 31 heavy (non-hydrogen) atoms. The van der Waals surface area contributed by atoms with E-state index in [4.69, 9.17) is 15.2 Å². The zero-order chi connectivity index (χ0) is 22.2. The first-order chi connectivity index (χ1) is 14.9. The van der Waals surface area contributed by atoms with E-state index in [0.29, 0.717) is 17.0 Å². The van der Waals surface area contributed by atoms with Crippen LogP contribution in [0.15, 0.2) is 78.9 Å². The van der Waals surface area contributed by atoms with Gasteiger partial charge in [0, 0.05) is 11.3 Å². The molecule has 0 saturated heterocycles. The van der Waals surface area contributed by atoms with Gasteiger partial charge in [-0.05, 0) is 43.3 Å². The van der Waals surface area contributed by atoms with Crippen molar-refractivity contribution >= 4 is 23.5 Å². The number of esters is 1. The molecule has 0 aliphatic rings. The summed E-state index contributed by atoms with van der Waals surface area (Å²) in [5.41, 5.74) is 7.48. The number of anilines is 1. The summed E-state index contributed by atoms with van der Waals surface area (Å²) in [5, 5.41) is 2.78. The highest BCUT2D eigenvalue weighted by molar-refractivity contribution is 5.98. The topological polar surface area (TPSA) is 108 Å². The van der Waals surface area contributed by atoms with Crippen LogP contribution in [-0.4, -0.2) is 24.4 Å². The zero-order valence-corrected chi connectivity index (χ0v) is 16.9. The highest BCUT2D eigenvalue weighted by Crippen LogP contribution is 2.23. The number of hydrogen-bond acceptors (Lipinski definition) is 5. The van der Waals surface area contributed by atoms with Gasteiger partial charge in [0.2, 0.25) is 6.10 Å². The quantitative estimate of drug-likeness (QED) is 0.545. The highest BCUT2D eigenvalue weighted by atomic mass is 16.5. The summed E-state index contributed by atoms with van der Waals surface area (Å²) in [6.45, 7) is 1.68. The van der Waals surface area contributed by atoms with Crippen molar-refractivity contribution in [2.24, 2.45) is 5.73 Å². The molecule has 0 fully saturated rings. The van der Waals surface area contributed by atoms with Gasteiger partial charge in [-0.25, -0.2) is 4.79 Å². The number of benzene rings is 3. The molecule has 3 rings (SSSR count). The predicted octanol–water partition coefficient (Wildman–Crippen LogP) is 3.40. The van der Waals surface area contributed by atoms with Gasteiger partial charge < -0.3 is 20.5 Å². The summed E-state index contributed by atoms with van der Waals surface area (Å²) in [6, 6.07) is 22.1. The maximum atomic E-state index is 12.9. The average molecular weight is 418 g/mol. The van der Waals surface area contributed by atoms with Crippen molar-refractivity contribution in [1.82, 2.24) is 0 Å². The van der Waals surface area contributed by atoms with Gasteiger partial charge in [0.05, 0.1) is 5.56 Å². The second-order valence-electron chi connectivity index (χ2n) is 6.83. The Morgan fingerprint density at radius 1 is 0.903 bits per heavy atom. The molecule has 3 aromatic carbocycles. The first-order valence-electron chi connectivity index (χ1n) is 9.57. The Balaban J connectivity index is 1.75. The molecule has 1 atom stereocenters. The highest BCUT2D eigenvalue weighted by Gasteiger charge is 2.26. The predicted molar refractivity (Wildman–Crippen MR) is 116 cm³/mol. The summed E-state index contributed by atoms with van der Waals surface area (Å²) < 4.78 is 10.7. The van der Waals surface area contributed by atoms with Crippen LogP contribution in [-0.2, 0) is 14.3 Å². The van der Waals surface area contributed by atoms with E-state index < -0.39 is 23.9 Å². The van der Waals surface area contributed by atoms with Gasteiger partial charge in [-0.2, -0.15) is 0 Å². The van der Waals surface area contributed by atoms with Gasteiger partial charge in [0.25, 0.3) is 11.8 Å². The Hall–Kier alpha value is -4.13. The molecule has 0 radical (unpaired) electrons. The van der Waals surface area contributed by atoms with E-state index in [9.17, 15) is 14.4 Å². The lowest BCUT2D eigenvalue weighted by molar-refractivity contribution is -0.125. The van der Waals surface area contributed by atoms with E-state index >= 15 is 0 Å². The van der Waals surface area contributed by atoms with E-state index in [1.54, 1.807) is 36.4 Å². The van der Waals surface area contributed by atoms with E-state index in [0.717, 1.165) is 5.56 Å². The van der Waals surface area contributed by atoms with Crippen LogP contribution in [0.25, 0.3) is 0 Å². The number of amides is 2. The van der Waals surface area contributed by atoms with Crippen LogP contribution in [0, 0.1) is 6.92 Å². The van der Waals surface area contributed by atoms with E-state index in [-0.39, 0.29) is 12.2 Å². The number of rotatable bonds is 8. The zero-order valence-electron chi connectivity index (χ0n) is 16.9. The Morgan fingerprint density at radius 2 is 1.55 bits per heavy atom. The van der Waals surface area contributed by atoms with Crippen LogP contribution < -0.4 is 15.8 Å². The molecule has 0 spiro atoms. The molecule has 0 heterocycles. The number of aryl methyl sites for hydroxylation is 1. The van der Waals surface area contributed by atoms with Crippen molar-refractivity contribution in [2.45, 2.75) is 13.0 Å². The molecule has 1 unspecified atom stereocenters. The average Bonchev–Trinajstić information content (AvgIpc) is 2.78. The van der Waals surface area contributed by atoms with Crippen molar-refractivity contribution < 1.29 is 23.9 Å². The number of hydrogen-bond donors (Lipinski definition) is 2. The van der Waals surface area contributed by atoms with Gasteiger partial charge in [-0.15, -0.1) is 0 Å². The molecule has 3 aromatic rings. The fourth-order valence-corrected chi connectivity index (χ4v) is 2.76. The number of nitrogens with one attached hydrogen (secondary N) is 1. The van der Waals surface area contributed by atoms with Gasteiger partial charge in [-0.1, -0.05) is 48.0 Å². The number of nitrogens with two attached hydrogens (primary N) is 1. The molecular weight excluding hydrogens is 396 g/mol. The van der Waals surface area contributed by atoms with Gasteiger partial charge in [0.1, 0.15) is 5.75 Å². The van der Waals surface area contributed by atoms with Crippen LogP contribution in [0.2, 0.25) is 0 Å². The number of ether oxygens (including phenoxy) is 2. The maximum Gasteiger partial charge on any atom is 0.339 e. The Labute approximate surface area is 179 Å². The minimum Gasteiger partial charge on any atom is -0.484 e. The second kappa shape index (κ2) is 10.1. The fourth-order valence-electron chi connectivity index (χ4n) is 2.76. The van der Waals surface area contributed by atoms with Crippen LogP contribution in [0.5, 0.6) is 5.75 Å². The lowest BCUT2D eigenvalue weighted by Crippen LogP contribution is -2.26. The normalized spacial score (nSPS) is 11.3. The summed E-state index contributed by atoms with van der Waals surface area (Å²) in [5.74, 6) is -1.36. The first kappa shape index (κ1) is 21.6. The van der Waals surface area contributed by atoms with E-state index in [1.807, 2.05) is 25.1 Å². The van der Waals surface area contributed by atoms with Gasteiger partial charge in [0.15, 0.2) is 6.61 Å². The SMILES string of the molecule is Cc1ccc(NC(=O)C(OC(=O)c2ccc(OCC(N)=O)cc2)c2ccccc2)cc1. The molecule has 0 saturated carbocycles. The standard InChI is InChI=1S/C24H22N2O5/c1-16-7-11-19(12-8-16)26-23(28)22(17-5-3-2-4-6-17)31-24(29)18-9-13-20(14-10-18)30-15-21(25)27/h2-14,22H,15H2,1H3,(H2,25,27)(H,26,28). The summed E-state index contributed by atoms with van der Waals surface area (Å²) >= 11 is 0. The van der Waals surface area contributed by atoms with Crippen molar-refractivity contribution in [1.29, 1.82) is 0 Å². The van der Waals surface area contributed by atoms with Crippen molar-refractivity contribution in [2.75, 3.05) is 11.9 Å². The van der Waals surface area contributed by atoms with Crippen LogP contribution in [0.3, 0.4) is 0 Å². The van der Waals surface area contributed by atoms with Gasteiger partial charge in [-0.3, -0.25) is 9.59 Å². The monoisotopic (exact) mass is 418 g/mol. The smallest absolute Gasteiger partial charge is 0.339 e. The van der Waals surface area contributed by atoms with Crippen LogP contribution in [0.1, 0.15) is 27.6 Å². The lowest BCUT2D eigenvalue weighted by atomic mass is 10.1. The lowest BCUT2D eigenvalue weighted by Gasteiger charge is -2.18. The largest absolute Gasteiger partial charge is 0.484 e. The summed E-state index contributed by atoms with van der Waals surface area (Å²) in [4.78, 5) is 36.4. The van der Waals surface area contributed by atoms with Crippen LogP contribution >= 0.6 is 0 Å². The van der Waals surface area contributed by atoms with Crippen LogP contribution in [0.4, 0.5) is 5.69 Å². The second-order valence-corrected chi connectivity index (χ2v) is 6.83. The minimum absolute atomic E-state index is 0.232. The van der Waals surface area contributed by atoms with E-state index in [2.05, 4.69) is 5.32 Å². The molecule has 3 N–H and O–H groups in total. The van der Waals surface area contributed by atoms with Gasteiger partial charge >= 0.3 is 5.97 Å². The molecule has 0 aliphatic heterocycles. The van der Waals surface area contributed by atoms with Crippen molar-refractivity contribution in [3.05, 3.63) is 95.6 Å². The molecule has 7 nitrogen and oxygen atoms in total. The molecule has 2 amide bonds. The molecule has 0 aliphatic carbocycles. The van der Waals surface area contributed by atoms with E-state index in [1.165, 1.54) is 24.3 Å². The fraction of sp³-hybridized carbons (Fsp3) is 0.125. The molecule has 0 aromatic heterocycles. The summed E-state index contributed by atoms with van der Waals surface area (Å²) in [7, 11) is 0. The molecule has 7 heteroatoms. The Kier molecular flexibility index (Phi) is 7.01. The molecular formula is C24H22N2O5. The molecule has 0 bridgehead atoms. The third-order valence-corrected chi connectivity index (χ3v) is 4.36. The maximum absolute atomic E-state index is 12.9. The minimum atomic E-state index is -1.14.